The molecule has 1 aromatic carbocycles. The van der Waals surface area contributed by atoms with Gasteiger partial charge in [0.25, 0.3) is 0 Å². The van der Waals surface area contributed by atoms with E-state index < -0.39 is 0 Å². The number of hydrogen-bond acceptors (Lipinski definition) is 7. The molecule has 5 heterocycles. The molecule has 0 unspecified atom stereocenters. The topological polar surface area (TPSA) is 102 Å². The van der Waals surface area contributed by atoms with Gasteiger partial charge in [0.2, 0.25) is 5.91 Å². The number of halogens is 1. The zero-order valence-electron chi connectivity index (χ0n) is 21.1. The monoisotopic (exact) mass is 512 g/mol. The normalized spacial score (nSPS) is 15.1. The maximum atomic E-state index is 14.8. The lowest BCUT2D eigenvalue weighted by Gasteiger charge is -2.18. The fourth-order valence-electron chi connectivity index (χ4n) is 4.82. The highest BCUT2D eigenvalue weighted by atomic mass is 19.1. The lowest BCUT2D eigenvalue weighted by Crippen LogP contribution is -2.27. The Morgan fingerprint density at radius 2 is 1.92 bits per heavy atom. The zero-order chi connectivity index (χ0) is 26.4. The predicted molar refractivity (Wildman–Crippen MR) is 140 cm³/mol. The summed E-state index contributed by atoms with van der Waals surface area (Å²) in [6, 6.07) is 14.3. The van der Waals surface area contributed by atoms with E-state index in [9.17, 15) is 9.18 Å². The minimum atomic E-state index is -0.376. The van der Waals surface area contributed by atoms with Crippen LogP contribution in [0.4, 0.5) is 21.8 Å². The van der Waals surface area contributed by atoms with Crippen molar-refractivity contribution < 1.29 is 13.9 Å². The highest BCUT2D eigenvalue weighted by Gasteiger charge is 2.31. The molecule has 0 aliphatic carbocycles. The molecule has 4 aromatic heterocycles. The standard InChI is InChI=1S/C27H25FN8O2/c1-34-25-13-18(16-6-8-29-22(11-16)31-23-7-9-30-35(23)2)12-24-32-33-27(36(24)25)19(14-26(34)37)10-17-4-5-20(38-3)15-21(17)28/h4-9,11-13,15,19H,10,14H2,1-3H3,(H,29,31)/t19-/m0/s1. The van der Waals surface area contributed by atoms with Crippen molar-refractivity contribution in [2.24, 2.45) is 7.05 Å². The van der Waals surface area contributed by atoms with Gasteiger partial charge in [-0.05, 0) is 53.4 Å². The Hall–Kier alpha value is -4.80. The molecular weight excluding hydrogens is 487 g/mol. The van der Waals surface area contributed by atoms with Gasteiger partial charge in [0, 0.05) is 44.8 Å². The van der Waals surface area contributed by atoms with Crippen molar-refractivity contribution in [1.29, 1.82) is 0 Å². The number of pyridine rings is 2. The lowest BCUT2D eigenvalue weighted by molar-refractivity contribution is -0.118. The molecule has 5 aromatic rings. The van der Waals surface area contributed by atoms with Crippen LogP contribution >= 0.6 is 0 Å². The first-order valence-corrected chi connectivity index (χ1v) is 12.1. The van der Waals surface area contributed by atoms with Gasteiger partial charge in [-0.15, -0.1) is 10.2 Å². The van der Waals surface area contributed by atoms with E-state index in [1.54, 1.807) is 41.2 Å². The number of methoxy groups -OCH3 is 1. The summed E-state index contributed by atoms with van der Waals surface area (Å²) in [6.45, 7) is 0. The third-order valence-electron chi connectivity index (χ3n) is 6.91. The lowest BCUT2D eigenvalue weighted by atomic mass is 9.94. The second-order valence-electron chi connectivity index (χ2n) is 9.26. The number of rotatable bonds is 6. The van der Waals surface area contributed by atoms with Gasteiger partial charge >= 0.3 is 0 Å². The van der Waals surface area contributed by atoms with Gasteiger partial charge in [0.15, 0.2) is 5.65 Å². The molecule has 11 heteroatoms. The summed E-state index contributed by atoms with van der Waals surface area (Å²) in [7, 11) is 5.08. The number of nitrogens with zero attached hydrogens (tertiary/aromatic N) is 7. The zero-order valence-corrected chi connectivity index (χ0v) is 21.1. The highest BCUT2D eigenvalue weighted by molar-refractivity contribution is 5.94. The van der Waals surface area contributed by atoms with Gasteiger partial charge in [0.1, 0.15) is 34.8 Å². The SMILES string of the molecule is COc1ccc(C[C@H]2CC(=O)N(C)c3cc(-c4ccnc(Nc5ccnn5C)c4)cc4nnc2n34)c(F)c1. The number of aromatic nitrogens is 6. The van der Waals surface area contributed by atoms with Crippen LogP contribution in [-0.2, 0) is 18.3 Å². The summed E-state index contributed by atoms with van der Waals surface area (Å²) in [5.74, 6) is 2.39. The molecule has 0 saturated carbocycles. The molecule has 1 atom stereocenters. The maximum Gasteiger partial charge on any atom is 0.228 e. The Balaban J connectivity index is 1.39. The predicted octanol–water partition coefficient (Wildman–Crippen LogP) is 4.11. The molecule has 0 radical (unpaired) electrons. The van der Waals surface area contributed by atoms with Gasteiger partial charge in [0.05, 0.1) is 13.3 Å². The van der Waals surface area contributed by atoms with Crippen LogP contribution in [0.25, 0.3) is 16.8 Å². The average Bonchev–Trinajstić information content (AvgIpc) is 3.51. The molecule has 1 aliphatic heterocycles. The summed E-state index contributed by atoms with van der Waals surface area (Å²) >= 11 is 0. The van der Waals surface area contributed by atoms with E-state index >= 15 is 0 Å². The van der Waals surface area contributed by atoms with Gasteiger partial charge < -0.3 is 15.0 Å². The van der Waals surface area contributed by atoms with Crippen molar-refractivity contribution in [2.45, 2.75) is 18.8 Å². The van der Waals surface area contributed by atoms with Crippen molar-refractivity contribution in [3.05, 3.63) is 78.1 Å². The molecule has 10 nitrogen and oxygen atoms in total. The summed E-state index contributed by atoms with van der Waals surface area (Å²) in [6.07, 6.45) is 3.92. The first-order chi connectivity index (χ1) is 18.4. The minimum absolute atomic E-state index is 0.0823. The summed E-state index contributed by atoms with van der Waals surface area (Å²) < 4.78 is 23.5. The average molecular weight is 513 g/mol. The fourth-order valence-corrected chi connectivity index (χ4v) is 4.82. The Morgan fingerprint density at radius 3 is 2.68 bits per heavy atom. The molecular formula is C27H25FN8O2. The van der Waals surface area contributed by atoms with Gasteiger partial charge in [-0.3, -0.25) is 13.9 Å². The molecule has 0 fully saturated rings. The fraction of sp³-hybridized carbons (Fsp3) is 0.222. The van der Waals surface area contributed by atoms with Crippen molar-refractivity contribution in [3.8, 4) is 16.9 Å². The van der Waals surface area contributed by atoms with E-state index in [4.69, 9.17) is 4.74 Å². The van der Waals surface area contributed by atoms with Crippen molar-refractivity contribution in [1.82, 2.24) is 29.4 Å². The Bertz CT molecular complexity index is 1680. The van der Waals surface area contributed by atoms with Crippen LogP contribution in [0.1, 0.15) is 23.7 Å². The number of hydrogen-bond donors (Lipinski definition) is 1. The molecule has 0 saturated heterocycles. The third kappa shape index (κ3) is 4.11. The number of carbonyl (C=O) groups is 1. The first kappa shape index (κ1) is 23.6. The van der Waals surface area contributed by atoms with Gasteiger partial charge in [-0.2, -0.15) is 5.10 Å². The molecule has 0 spiro atoms. The number of anilines is 3. The highest BCUT2D eigenvalue weighted by Crippen LogP contribution is 2.35. The van der Waals surface area contributed by atoms with Crippen molar-refractivity contribution in [2.75, 3.05) is 24.4 Å². The summed E-state index contributed by atoms with van der Waals surface area (Å²) in [4.78, 5) is 19.3. The molecule has 192 valence electrons. The van der Waals surface area contributed by atoms with Crippen molar-refractivity contribution >= 4 is 29.0 Å². The molecule has 1 amide bonds. The minimum Gasteiger partial charge on any atom is -0.497 e. The maximum absolute atomic E-state index is 14.8. The molecule has 6 rings (SSSR count). The number of carbonyl (C=O) groups excluding carboxylic acids is 1. The molecule has 1 N–H and O–H groups in total. The quantitative estimate of drug-likeness (QED) is 0.365. The van der Waals surface area contributed by atoms with Crippen LogP contribution < -0.4 is 15.0 Å². The Labute approximate surface area is 217 Å². The number of benzene rings is 1. The summed E-state index contributed by atoms with van der Waals surface area (Å²) in [5.41, 5.74) is 2.86. The van der Waals surface area contributed by atoms with Crippen LogP contribution in [0.5, 0.6) is 5.75 Å². The second kappa shape index (κ2) is 9.25. The van der Waals surface area contributed by atoms with Crippen LogP contribution in [0.15, 0.2) is 60.9 Å². The Morgan fingerprint density at radius 1 is 1.05 bits per heavy atom. The first-order valence-electron chi connectivity index (χ1n) is 12.1. The van der Waals surface area contributed by atoms with Crippen LogP contribution in [0.2, 0.25) is 0 Å². The Kier molecular flexibility index (Phi) is 5.74. The number of aryl methyl sites for hydroxylation is 1. The molecule has 38 heavy (non-hydrogen) atoms. The second-order valence-corrected chi connectivity index (χ2v) is 9.26. The smallest absolute Gasteiger partial charge is 0.228 e. The molecule has 1 aliphatic rings. The van der Waals surface area contributed by atoms with Crippen molar-refractivity contribution in [3.63, 3.8) is 0 Å². The molecule has 0 bridgehead atoms. The van der Waals surface area contributed by atoms with Crippen LogP contribution in [0, 0.1) is 5.82 Å². The van der Waals surface area contributed by atoms with E-state index in [2.05, 4.69) is 25.6 Å². The van der Waals surface area contributed by atoms with Gasteiger partial charge in [-0.25, -0.2) is 9.37 Å². The van der Waals surface area contributed by atoms with E-state index in [1.165, 1.54) is 13.2 Å². The third-order valence-corrected chi connectivity index (χ3v) is 6.91. The van der Waals surface area contributed by atoms with E-state index in [1.807, 2.05) is 41.8 Å². The van der Waals surface area contributed by atoms with Crippen LogP contribution in [0.3, 0.4) is 0 Å². The van der Waals surface area contributed by atoms with E-state index in [-0.39, 0.29) is 24.1 Å². The summed E-state index contributed by atoms with van der Waals surface area (Å²) in [5, 5.41) is 16.3. The number of ether oxygens (including phenoxy) is 1. The number of amides is 1. The van der Waals surface area contributed by atoms with Gasteiger partial charge in [-0.1, -0.05) is 6.07 Å². The van der Waals surface area contributed by atoms with E-state index in [0.717, 1.165) is 16.9 Å². The number of nitrogens with one attached hydrogen (secondary N) is 1. The van der Waals surface area contributed by atoms with E-state index in [0.29, 0.717) is 40.8 Å². The van der Waals surface area contributed by atoms with Crippen LogP contribution in [-0.4, -0.2) is 49.4 Å². The largest absolute Gasteiger partial charge is 0.497 e.